The molecule has 0 amide bonds. The standard InChI is InChI=1S/C8H7NO2.C2H7NO2/c10-9(11)8-4-2-6-1-3-7(8)5-6;1-4-3-5-2/h2,4-5H,1,3H2;3H,1-2H3. The molecule has 0 aliphatic heterocycles. The third-order valence-electron chi connectivity index (χ3n) is 2.19. The third kappa shape index (κ3) is 3.27. The Bertz CT molecular complexity index is 366. The van der Waals surface area contributed by atoms with Crippen molar-refractivity contribution in [3.8, 4) is 0 Å². The summed E-state index contributed by atoms with van der Waals surface area (Å²) in [7, 11) is 2.95. The summed E-state index contributed by atoms with van der Waals surface area (Å²) in [6, 6.07) is 5.34. The number of hydrogen-bond acceptors (Lipinski definition) is 5. The molecule has 6 nitrogen and oxygen atoms in total. The quantitative estimate of drug-likeness (QED) is 0.622. The van der Waals surface area contributed by atoms with E-state index in [0.717, 1.165) is 18.4 Å². The molecule has 6 heteroatoms. The van der Waals surface area contributed by atoms with E-state index < -0.39 is 0 Å². The zero-order chi connectivity index (χ0) is 12.0. The van der Waals surface area contributed by atoms with Crippen molar-refractivity contribution in [3.05, 3.63) is 39.4 Å². The van der Waals surface area contributed by atoms with Gasteiger partial charge in [0.2, 0.25) is 0 Å². The number of nitrogens with zero attached hydrogens (tertiary/aromatic N) is 1. The van der Waals surface area contributed by atoms with Gasteiger partial charge >= 0.3 is 0 Å². The molecule has 1 aromatic carbocycles. The third-order valence-corrected chi connectivity index (χ3v) is 2.19. The molecule has 1 N–H and O–H groups in total. The molecule has 0 saturated carbocycles. The van der Waals surface area contributed by atoms with Gasteiger partial charge in [-0.15, -0.1) is 0 Å². The average Bonchev–Trinajstić information content (AvgIpc) is 2.62. The first-order chi connectivity index (χ1) is 7.69. The number of nitrogens with one attached hydrogen (secondary N) is 1. The summed E-state index contributed by atoms with van der Waals surface area (Å²) in [6.45, 7) is 0. The summed E-state index contributed by atoms with van der Waals surface area (Å²) in [4.78, 5) is 18.5. The Morgan fingerprint density at radius 3 is 2.50 bits per heavy atom. The van der Waals surface area contributed by atoms with Crippen molar-refractivity contribution in [1.29, 1.82) is 0 Å². The van der Waals surface area contributed by atoms with Crippen LogP contribution in [0.4, 0.5) is 5.69 Å². The first-order valence-corrected chi connectivity index (χ1v) is 4.76. The first-order valence-electron chi connectivity index (χ1n) is 4.76. The predicted octanol–water partition coefficient (Wildman–Crippen LogP) is 1.39. The van der Waals surface area contributed by atoms with Gasteiger partial charge in [-0.3, -0.25) is 19.8 Å². The molecule has 0 saturated heterocycles. The fraction of sp³-hybridized carbons (Fsp3) is 0.400. The fourth-order valence-electron chi connectivity index (χ4n) is 1.54. The number of nitro benzene ring substituents is 1. The zero-order valence-electron chi connectivity index (χ0n) is 9.23. The normalized spacial score (nSPS) is 11.9. The molecule has 2 rings (SSSR count). The van der Waals surface area contributed by atoms with E-state index in [2.05, 4.69) is 15.3 Å². The van der Waals surface area contributed by atoms with Gasteiger partial charge in [0.1, 0.15) is 0 Å². The number of fused-ring (bicyclic) bond motifs is 2. The van der Waals surface area contributed by atoms with Gasteiger partial charge in [0.25, 0.3) is 5.69 Å². The Morgan fingerprint density at radius 1 is 1.31 bits per heavy atom. The largest absolute Gasteiger partial charge is 0.280 e. The minimum absolute atomic E-state index is 0.270. The van der Waals surface area contributed by atoms with Crippen LogP contribution in [0, 0.1) is 10.1 Å². The minimum Gasteiger partial charge on any atom is -0.280 e. The van der Waals surface area contributed by atoms with Gasteiger partial charge in [0.05, 0.1) is 19.1 Å². The topological polar surface area (TPSA) is 73.6 Å². The maximum atomic E-state index is 10.4. The van der Waals surface area contributed by atoms with Crippen molar-refractivity contribution in [1.82, 2.24) is 5.64 Å². The number of nitro groups is 1. The lowest BCUT2D eigenvalue weighted by Gasteiger charge is -1.92. The van der Waals surface area contributed by atoms with Crippen LogP contribution in [0.25, 0.3) is 0 Å². The van der Waals surface area contributed by atoms with Gasteiger partial charge in [-0.25, -0.2) is 0 Å². The highest BCUT2D eigenvalue weighted by molar-refractivity contribution is 5.46. The molecule has 1 aliphatic carbocycles. The fourth-order valence-corrected chi connectivity index (χ4v) is 1.54. The predicted molar refractivity (Wildman–Crippen MR) is 57.7 cm³/mol. The SMILES string of the molecule is CONOC.O=[N+]([O-])c1ccc2cc1CC2. The average molecular weight is 226 g/mol. The highest BCUT2D eigenvalue weighted by atomic mass is 16.9. The monoisotopic (exact) mass is 226 g/mol. The number of rotatable bonds is 3. The van der Waals surface area contributed by atoms with Crippen molar-refractivity contribution in [2.45, 2.75) is 12.8 Å². The molecular weight excluding hydrogens is 212 g/mol. The van der Waals surface area contributed by atoms with E-state index in [1.165, 1.54) is 19.8 Å². The molecular formula is C10H14N2O4. The van der Waals surface area contributed by atoms with Gasteiger partial charge in [0, 0.05) is 11.6 Å². The van der Waals surface area contributed by atoms with E-state index in [1.54, 1.807) is 6.07 Å². The van der Waals surface area contributed by atoms with E-state index in [1.807, 2.05) is 12.1 Å². The Balaban J connectivity index is 0.000000221. The molecule has 0 heterocycles. The van der Waals surface area contributed by atoms with Crippen molar-refractivity contribution in [2.75, 3.05) is 14.2 Å². The molecule has 0 spiro atoms. The molecule has 0 atom stereocenters. The Morgan fingerprint density at radius 2 is 2.00 bits per heavy atom. The van der Waals surface area contributed by atoms with Crippen molar-refractivity contribution in [2.24, 2.45) is 0 Å². The summed E-state index contributed by atoms with van der Waals surface area (Å²) >= 11 is 0. The molecule has 0 radical (unpaired) electrons. The van der Waals surface area contributed by atoms with Crippen molar-refractivity contribution < 1.29 is 14.6 Å². The van der Waals surface area contributed by atoms with E-state index in [4.69, 9.17) is 0 Å². The zero-order valence-corrected chi connectivity index (χ0v) is 9.23. The Labute approximate surface area is 93.2 Å². The molecule has 1 aliphatic rings. The molecule has 16 heavy (non-hydrogen) atoms. The molecule has 0 unspecified atom stereocenters. The molecule has 0 fully saturated rings. The van der Waals surface area contributed by atoms with Crippen LogP contribution in [0.3, 0.4) is 0 Å². The maximum absolute atomic E-state index is 10.4. The second-order valence-electron chi connectivity index (χ2n) is 3.21. The Hall–Kier alpha value is -1.50. The van der Waals surface area contributed by atoms with E-state index in [-0.39, 0.29) is 10.6 Å². The molecule has 1 aromatic rings. The van der Waals surface area contributed by atoms with Gasteiger partial charge in [-0.1, -0.05) is 11.7 Å². The number of hydrogen-bond donors (Lipinski definition) is 1. The number of aryl methyl sites for hydroxylation is 2. The molecule has 2 bridgehead atoms. The summed E-state index contributed by atoms with van der Waals surface area (Å²) in [5, 5.41) is 10.4. The summed E-state index contributed by atoms with van der Waals surface area (Å²) < 4.78 is 0. The van der Waals surface area contributed by atoms with Crippen molar-refractivity contribution in [3.63, 3.8) is 0 Å². The maximum Gasteiger partial charge on any atom is 0.272 e. The lowest BCUT2D eigenvalue weighted by Crippen LogP contribution is -2.07. The van der Waals surface area contributed by atoms with Gasteiger partial charge in [-0.05, 0) is 24.5 Å². The van der Waals surface area contributed by atoms with Crippen LogP contribution in [0.2, 0.25) is 0 Å². The van der Waals surface area contributed by atoms with Crippen LogP contribution in [-0.2, 0) is 22.5 Å². The van der Waals surface area contributed by atoms with Gasteiger partial charge < -0.3 is 0 Å². The Kier molecular flexibility index (Phi) is 4.84. The van der Waals surface area contributed by atoms with Crippen LogP contribution in [-0.4, -0.2) is 19.1 Å². The van der Waals surface area contributed by atoms with Gasteiger partial charge in [0.15, 0.2) is 0 Å². The van der Waals surface area contributed by atoms with Crippen LogP contribution >= 0.6 is 0 Å². The van der Waals surface area contributed by atoms with Crippen LogP contribution < -0.4 is 5.64 Å². The number of benzene rings is 1. The minimum atomic E-state index is -0.315. The second-order valence-corrected chi connectivity index (χ2v) is 3.21. The van der Waals surface area contributed by atoms with Crippen LogP contribution in [0.15, 0.2) is 18.2 Å². The summed E-state index contributed by atoms with van der Waals surface area (Å²) in [6.07, 6.45) is 1.79. The van der Waals surface area contributed by atoms with Crippen molar-refractivity contribution >= 4 is 5.69 Å². The van der Waals surface area contributed by atoms with Crippen LogP contribution in [0.5, 0.6) is 0 Å². The summed E-state index contributed by atoms with van der Waals surface area (Å²) in [5.41, 5.74) is 4.48. The lowest BCUT2D eigenvalue weighted by molar-refractivity contribution is -0.385. The smallest absolute Gasteiger partial charge is 0.272 e. The van der Waals surface area contributed by atoms with E-state index >= 15 is 0 Å². The molecule has 0 aromatic heterocycles. The lowest BCUT2D eigenvalue weighted by atomic mass is 10.2. The van der Waals surface area contributed by atoms with E-state index in [9.17, 15) is 10.1 Å². The van der Waals surface area contributed by atoms with E-state index in [0.29, 0.717) is 0 Å². The van der Waals surface area contributed by atoms with Gasteiger partial charge in [-0.2, -0.15) is 0 Å². The second kappa shape index (κ2) is 6.16. The van der Waals surface area contributed by atoms with Crippen LogP contribution in [0.1, 0.15) is 11.1 Å². The highest BCUT2D eigenvalue weighted by Crippen LogP contribution is 2.26. The highest BCUT2D eigenvalue weighted by Gasteiger charge is 2.18. The summed E-state index contributed by atoms with van der Waals surface area (Å²) in [5.74, 6) is 0. The first kappa shape index (κ1) is 12.6. The molecule has 88 valence electrons.